The maximum absolute atomic E-state index is 4.11. The lowest BCUT2D eigenvalue weighted by atomic mass is 10.1. The van der Waals surface area contributed by atoms with Crippen molar-refractivity contribution in [3.05, 3.63) is 47.0 Å². The molecular formula is C16H25NS. The van der Waals surface area contributed by atoms with Gasteiger partial charge in [0.05, 0.1) is 0 Å². The Labute approximate surface area is 116 Å². The molecule has 0 saturated heterocycles. The third kappa shape index (κ3) is 6.27. The van der Waals surface area contributed by atoms with E-state index in [1.807, 2.05) is 11.8 Å². The molecule has 0 spiro atoms. The lowest BCUT2D eigenvalue weighted by Crippen LogP contribution is -2.18. The molecule has 1 aromatic rings. The fraction of sp³-hybridized carbons (Fsp3) is 0.500. The summed E-state index contributed by atoms with van der Waals surface area (Å²) >= 11 is 1.95. The van der Waals surface area contributed by atoms with Gasteiger partial charge in [0.1, 0.15) is 0 Å². The summed E-state index contributed by atoms with van der Waals surface area (Å²) in [5.41, 5.74) is 5.42. The molecule has 1 aromatic carbocycles. The highest BCUT2D eigenvalue weighted by atomic mass is 32.2. The van der Waals surface area contributed by atoms with E-state index in [0.29, 0.717) is 0 Å². The van der Waals surface area contributed by atoms with Gasteiger partial charge in [-0.25, -0.2) is 0 Å². The van der Waals surface area contributed by atoms with Crippen molar-refractivity contribution >= 4 is 11.8 Å². The summed E-state index contributed by atoms with van der Waals surface area (Å²) in [5.74, 6) is 2.12. The van der Waals surface area contributed by atoms with Crippen LogP contribution in [0.5, 0.6) is 0 Å². The van der Waals surface area contributed by atoms with Crippen LogP contribution in [-0.2, 0) is 5.75 Å². The van der Waals surface area contributed by atoms with Crippen molar-refractivity contribution in [1.29, 1.82) is 0 Å². The van der Waals surface area contributed by atoms with Crippen molar-refractivity contribution in [3.63, 3.8) is 0 Å². The number of thioether (sulfide) groups is 1. The molecular weight excluding hydrogens is 238 g/mol. The third-order valence-electron chi connectivity index (χ3n) is 2.66. The quantitative estimate of drug-likeness (QED) is 0.560. The zero-order valence-corrected chi connectivity index (χ0v) is 12.7. The molecule has 0 aliphatic carbocycles. The van der Waals surface area contributed by atoms with Crippen LogP contribution in [0.3, 0.4) is 0 Å². The maximum atomic E-state index is 4.11. The lowest BCUT2D eigenvalue weighted by Gasteiger charge is -2.08. The van der Waals surface area contributed by atoms with Gasteiger partial charge in [0, 0.05) is 18.1 Å². The van der Waals surface area contributed by atoms with Gasteiger partial charge in [-0.05, 0) is 32.4 Å². The maximum Gasteiger partial charge on any atom is 0.0187 e. The molecule has 2 heteroatoms. The molecule has 0 radical (unpaired) electrons. The second-order valence-electron chi connectivity index (χ2n) is 4.92. The minimum absolute atomic E-state index is 0.952. The summed E-state index contributed by atoms with van der Waals surface area (Å²) in [5, 5.41) is 3.39. The number of benzene rings is 1. The fourth-order valence-electron chi connectivity index (χ4n) is 1.96. The smallest absolute Gasteiger partial charge is 0.0187 e. The van der Waals surface area contributed by atoms with Crippen LogP contribution >= 0.6 is 11.8 Å². The minimum Gasteiger partial charge on any atom is -0.313 e. The van der Waals surface area contributed by atoms with Gasteiger partial charge >= 0.3 is 0 Å². The Morgan fingerprint density at radius 3 is 2.50 bits per heavy atom. The van der Waals surface area contributed by atoms with E-state index in [-0.39, 0.29) is 0 Å². The molecule has 18 heavy (non-hydrogen) atoms. The second kappa shape index (κ2) is 8.39. The standard InChI is InChI=1S/C16H25NS/c1-5-6-17-10-15(4)11-18-12-16-8-13(2)7-14(3)9-16/h7-9,17H,4-6,10-12H2,1-3H3. The van der Waals surface area contributed by atoms with Gasteiger partial charge in [-0.3, -0.25) is 0 Å². The van der Waals surface area contributed by atoms with Crippen LogP contribution in [0.1, 0.15) is 30.0 Å². The average molecular weight is 263 g/mol. The average Bonchev–Trinajstić information content (AvgIpc) is 2.28. The zero-order valence-electron chi connectivity index (χ0n) is 11.9. The molecule has 0 aromatic heterocycles. The highest BCUT2D eigenvalue weighted by Gasteiger charge is 1.99. The molecule has 0 atom stereocenters. The van der Waals surface area contributed by atoms with Gasteiger partial charge in [0.25, 0.3) is 0 Å². The van der Waals surface area contributed by atoms with Gasteiger partial charge in [-0.1, -0.05) is 48.4 Å². The molecule has 0 amide bonds. The lowest BCUT2D eigenvalue weighted by molar-refractivity contribution is 0.716. The van der Waals surface area contributed by atoms with Crippen molar-refractivity contribution in [2.24, 2.45) is 0 Å². The van der Waals surface area contributed by atoms with Gasteiger partial charge in [-0.2, -0.15) is 11.8 Å². The number of aryl methyl sites for hydroxylation is 2. The molecule has 1 N–H and O–H groups in total. The normalized spacial score (nSPS) is 10.6. The van der Waals surface area contributed by atoms with Crippen LogP contribution in [0.4, 0.5) is 0 Å². The van der Waals surface area contributed by atoms with Crippen LogP contribution in [0.2, 0.25) is 0 Å². The number of hydrogen-bond acceptors (Lipinski definition) is 2. The van der Waals surface area contributed by atoms with E-state index in [0.717, 1.165) is 24.6 Å². The minimum atomic E-state index is 0.952. The van der Waals surface area contributed by atoms with Crippen molar-refractivity contribution in [2.45, 2.75) is 32.9 Å². The van der Waals surface area contributed by atoms with Gasteiger partial charge in [0.15, 0.2) is 0 Å². The summed E-state index contributed by atoms with van der Waals surface area (Å²) in [4.78, 5) is 0. The van der Waals surface area contributed by atoms with E-state index < -0.39 is 0 Å². The van der Waals surface area contributed by atoms with E-state index in [4.69, 9.17) is 0 Å². The first-order valence-electron chi connectivity index (χ1n) is 6.64. The Bertz CT molecular complexity index is 364. The number of nitrogens with one attached hydrogen (secondary N) is 1. The highest BCUT2D eigenvalue weighted by Crippen LogP contribution is 2.17. The largest absolute Gasteiger partial charge is 0.313 e. The molecule has 0 bridgehead atoms. The van der Waals surface area contributed by atoms with Crippen LogP contribution in [0.25, 0.3) is 0 Å². The highest BCUT2D eigenvalue weighted by molar-refractivity contribution is 7.98. The topological polar surface area (TPSA) is 12.0 Å². The van der Waals surface area contributed by atoms with E-state index in [9.17, 15) is 0 Å². The van der Waals surface area contributed by atoms with E-state index in [1.54, 1.807) is 0 Å². The molecule has 0 aliphatic heterocycles. The summed E-state index contributed by atoms with van der Waals surface area (Å²) in [6.07, 6.45) is 1.18. The number of rotatable bonds is 8. The van der Waals surface area contributed by atoms with Gasteiger partial charge < -0.3 is 5.32 Å². The third-order valence-corrected chi connectivity index (χ3v) is 3.81. The molecule has 1 rings (SSSR count). The fourth-order valence-corrected chi connectivity index (χ4v) is 2.85. The first-order chi connectivity index (χ1) is 8.61. The van der Waals surface area contributed by atoms with E-state index in [1.165, 1.54) is 28.7 Å². The van der Waals surface area contributed by atoms with Crippen LogP contribution < -0.4 is 5.32 Å². The van der Waals surface area contributed by atoms with Gasteiger partial charge in [0.2, 0.25) is 0 Å². The summed E-state index contributed by atoms with van der Waals surface area (Å²) in [7, 11) is 0. The summed E-state index contributed by atoms with van der Waals surface area (Å²) < 4.78 is 0. The molecule has 0 aliphatic rings. The summed E-state index contributed by atoms with van der Waals surface area (Å²) in [6.45, 7) is 12.7. The van der Waals surface area contributed by atoms with Crippen LogP contribution in [0, 0.1) is 13.8 Å². The molecule has 0 saturated carbocycles. The zero-order chi connectivity index (χ0) is 13.4. The van der Waals surface area contributed by atoms with E-state index >= 15 is 0 Å². The predicted octanol–water partition coefficient (Wildman–Crippen LogP) is 4.09. The molecule has 100 valence electrons. The Morgan fingerprint density at radius 1 is 1.22 bits per heavy atom. The Hall–Kier alpha value is -0.730. The molecule has 0 unspecified atom stereocenters. The Balaban J connectivity index is 2.26. The van der Waals surface area contributed by atoms with Gasteiger partial charge in [-0.15, -0.1) is 0 Å². The summed E-state index contributed by atoms with van der Waals surface area (Å²) in [6, 6.07) is 6.78. The van der Waals surface area contributed by atoms with Crippen molar-refractivity contribution in [2.75, 3.05) is 18.8 Å². The second-order valence-corrected chi connectivity index (χ2v) is 5.90. The van der Waals surface area contributed by atoms with Crippen molar-refractivity contribution in [1.82, 2.24) is 5.32 Å². The first-order valence-corrected chi connectivity index (χ1v) is 7.79. The SMILES string of the molecule is C=C(CNCCC)CSCc1cc(C)cc(C)c1. The van der Waals surface area contributed by atoms with Crippen molar-refractivity contribution in [3.8, 4) is 0 Å². The molecule has 0 heterocycles. The van der Waals surface area contributed by atoms with Crippen molar-refractivity contribution < 1.29 is 0 Å². The van der Waals surface area contributed by atoms with E-state index in [2.05, 4.69) is 50.9 Å². The van der Waals surface area contributed by atoms with Crippen LogP contribution in [-0.4, -0.2) is 18.8 Å². The Morgan fingerprint density at radius 2 is 1.89 bits per heavy atom. The monoisotopic (exact) mass is 263 g/mol. The molecule has 1 nitrogen and oxygen atoms in total. The predicted molar refractivity (Wildman–Crippen MR) is 84.4 cm³/mol. The first kappa shape index (κ1) is 15.3. The molecule has 0 fully saturated rings. The van der Waals surface area contributed by atoms with Crippen LogP contribution in [0.15, 0.2) is 30.4 Å². The number of hydrogen-bond donors (Lipinski definition) is 1. The Kier molecular flexibility index (Phi) is 7.14.